The summed E-state index contributed by atoms with van der Waals surface area (Å²) in [5, 5.41) is 15.4. The molecule has 1 saturated carbocycles. The van der Waals surface area contributed by atoms with E-state index in [9.17, 15) is 4.79 Å². The van der Waals surface area contributed by atoms with Crippen molar-refractivity contribution in [3.8, 4) is 11.3 Å². The molecular weight excluding hydrogens is 396 g/mol. The topological polar surface area (TPSA) is 74.5 Å². The second-order valence-corrected chi connectivity index (χ2v) is 7.97. The van der Waals surface area contributed by atoms with Gasteiger partial charge in [0.15, 0.2) is 5.11 Å². The zero-order chi connectivity index (χ0) is 21.0. The van der Waals surface area contributed by atoms with Gasteiger partial charge in [-0.15, -0.1) is 0 Å². The maximum absolute atomic E-state index is 13.2. The van der Waals surface area contributed by atoms with E-state index in [1.807, 2.05) is 60.7 Å². The van der Waals surface area contributed by atoms with Crippen molar-refractivity contribution in [3.63, 3.8) is 0 Å². The third kappa shape index (κ3) is 4.15. The lowest BCUT2D eigenvalue weighted by molar-refractivity contribution is -0.125. The predicted octanol–water partition coefficient (Wildman–Crippen LogP) is 4.76. The molecule has 5 nitrogen and oxygen atoms in total. The predicted molar refractivity (Wildman–Crippen MR) is 121 cm³/mol. The highest BCUT2D eigenvalue weighted by molar-refractivity contribution is 7.80. The van der Waals surface area contributed by atoms with Crippen molar-refractivity contribution < 1.29 is 14.3 Å². The van der Waals surface area contributed by atoms with Crippen LogP contribution in [0, 0.1) is 0 Å². The first-order valence-electron chi connectivity index (χ1n) is 10.1. The van der Waals surface area contributed by atoms with Crippen LogP contribution in [0.15, 0.2) is 71.1 Å². The Bertz CT molecular complexity index is 1020. The Labute approximate surface area is 181 Å². The molecule has 1 aromatic heterocycles. The summed E-state index contributed by atoms with van der Waals surface area (Å²) in [5.41, 5.74) is 2.20. The maximum atomic E-state index is 13.2. The average molecular weight is 421 g/mol. The molecule has 154 valence electrons. The zero-order valence-corrected chi connectivity index (χ0v) is 17.4. The lowest BCUT2D eigenvalue weighted by Gasteiger charge is -2.28. The van der Waals surface area contributed by atoms with Crippen LogP contribution in [0.3, 0.4) is 0 Å². The van der Waals surface area contributed by atoms with E-state index >= 15 is 0 Å². The SMILES string of the molecule is O=C(NC(=S)Nc1ccc(-c2ccc(CO)o2)cc1)C1(c2ccccc2)CCCC1. The van der Waals surface area contributed by atoms with Crippen molar-refractivity contribution in [2.45, 2.75) is 37.7 Å². The highest BCUT2D eigenvalue weighted by atomic mass is 32.1. The first kappa shape index (κ1) is 20.3. The van der Waals surface area contributed by atoms with Crippen molar-refractivity contribution in [2.75, 3.05) is 5.32 Å². The van der Waals surface area contributed by atoms with Crippen LogP contribution in [0.1, 0.15) is 37.0 Å². The number of thiocarbonyl (C=S) groups is 1. The first-order valence-corrected chi connectivity index (χ1v) is 10.5. The Morgan fingerprint density at radius 2 is 1.70 bits per heavy atom. The fourth-order valence-corrected chi connectivity index (χ4v) is 4.31. The van der Waals surface area contributed by atoms with Gasteiger partial charge in [-0.3, -0.25) is 4.79 Å². The van der Waals surface area contributed by atoms with Crippen molar-refractivity contribution in [1.29, 1.82) is 0 Å². The first-order chi connectivity index (χ1) is 14.6. The normalized spacial score (nSPS) is 15.0. The molecule has 1 fully saturated rings. The number of benzene rings is 2. The summed E-state index contributed by atoms with van der Waals surface area (Å²) in [6, 6.07) is 21.1. The van der Waals surface area contributed by atoms with E-state index in [1.54, 1.807) is 6.07 Å². The molecule has 1 amide bonds. The van der Waals surface area contributed by atoms with Crippen LogP contribution in [0.4, 0.5) is 5.69 Å². The Morgan fingerprint density at radius 3 is 2.33 bits per heavy atom. The number of carbonyl (C=O) groups excluding carboxylic acids is 1. The van der Waals surface area contributed by atoms with E-state index in [-0.39, 0.29) is 17.6 Å². The zero-order valence-electron chi connectivity index (χ0n) is 16.6. The molecule has 0 bridgehead atoms. The number of amides is 1. The number of hydrogen-bond acceptors (Lipinski definition) is 4. The largest absolute Gasteiger partial charge is 0.459 e. The van der Waals surface area contributed by atoms with Gasteiger partial charge in [0.1, 0.15) is 18.1 Å². The summed E-state index contributed by atoms with van der Waals surface area (Å²) in [4.78, 5) is 13.2. The summed E-state index contributed by atoms with van der Waals surface area (Å²) in [5.74, 6) is 1.16. The Balaban J connectivity index is 1.42. The van der Waals surface area contributed by atoms with Crippen LogP contribution in [-0.2, 0) is 16.8 Å². The maximum Gasteiger partial charge on any atom is 0.236 e. The smallest absolute Gasteiger partial charge is 0.236 e. The Morgan fingerprint density at radius 1 is 1.00 bits per heavy atom. The van der Waals surface area contributed by atoms with E-state index in [1.165, 1.54) is 0 Å². The van der Waals surface area contributed by atoms with E-state index in [4.69, 9.17) is 21.7 Å². The molecule has 0 atom stereocenters. The van der Waals surface area contributed by atoms with Crippen LogP contribution in [0.25, 0.3) is 11.3 Å². The fraction of sp³-hybridized carbons (Fsp3) is 0.250. The van der Waals surface area contributed by atoms with Gasteiger partial charge in [0, 0.05) is 11.3 Å². The lowest BCUT2D eigenvalue weighted by Crippen LogP contribution is -2.46. The average Bonchev–Trinajstić information content (AvgIpc) is 3.45. The molecule has 6 heteroatoms. The van der Waals surface area contributed by atoms with Crippen LogP contribution in [0.2, 0.25) is 0 Å². The summed E-state index contributed by atoms with van der Waals surface area (Å²) in [6.45, 7) is -0.127. The molecule has 0 radical (unpaired) electrons. The number of aliphatic hydroxyl groups excluding tert-OH is 1. The van der Waals surface area contributed by atoms with Gasteiger partial charge in [0.2, 0.25) is 5.91 Å². The minimum atomic E-state index is -0.513. The number of aliphatic hydroxyl groups is 1. The number of rotatable bonds is 5. The van der Waals surface area contributed by atoms with Crippen molar-refractivity contribution in [2.24, 2.45) is 0 Å². The molecule has 1 aliphatic rings. The lowest BCUT2D eigenvalue weighted by atomic mass is 9.78. The third-order valence-corrected chi connectivity index (χ3v) is 5.89. The van der Waals surface area contributed by atoms with E-state index in [0.717, 1.165) is 42.5 Å². The summed E-state index contributed by atoms with van der Waals surface area (Å²) in [6.07, 6.45) is 3.74. The fourth-order valence-electron chi connectivity index (χ4n) is 4.10. The second-order valence-electron chi connectivity index (χ2n) is 7.56. The van der Waals surface area contributed by atoms with Gasteiger partial charge >= 0.3 is 0 Å². The van der Waals surface area contributed by atoms with E-state index in [0.29, 0.717) is 11.5 Å². The molecule has 4 rings (SSSR count). The van der Waals surface area contributed by atoms with Crippen LogP contribution in [0.5, 0.6) is 0 Å². The van der Waals surface area contributed by atoms with Gasteiger partial charge in [0.25, 0.3) is 0 Å². The van der Waals surface area contributed by atoms with E-state index in [2.05, 4.69) is 10.6 Å². The number of nitrogens with one attached hydrogen (secondary N) is 2. The number of hydrogen-bond donors (Lipinski definition) is 3. The van der Waals surface area contributed by atoms with Crippen molar-refractivity contribution >= 4 is 28.9 Å². The molecule has 2 aromatic carbocycles. The second kappa shape index (κ2) is 8.81. The minimum absolute atomic E-state index is 0.0487. The molecule has 30 heavy (non-hydrogen) atoms. The van der Waals surface area contributed by atoms with Gasteiger partial charge in [0.05, 0.1) is 5.41 Å². The highest BCUT2D eigenvalue weighted by Gasteiger charge is 2.42. The number of carbonyl (C=O) groups is 1. The van der Waals surface area contributed by atoms with Gasteiger partial charge in [-0.25, -0.2) is 0 Å². The quantitative estimate of drug-likeness (QED) is 0.519. The van der Waals surface area contributed by atoms with Gasteiger partial charge in [-0.05, 0) is 67.0 Å². The van der Waals surface area contributed by atoms with Gasteiger partial charge in [-0.1, -0.05) is 43.2 Å². The van der Waals surface area contributed by atoms with Crippen LogP contribution < -0.4 is 10.6 Å². The standard InChI is InChI=1S/C24H24N2O3S/c27-16-20-12-13-21(29-20)17-8-10-19(11-9-17)25-23(30)26-22(28)24(14-4-5-15-24)18-6-2-1-3-7-18/h1-3,6-13,27H,4-5,14-16H2,(H2,25,26,28,30). The molecule has 3 aromatic rings. The number of anilines is 1. The summed E-state index contributed by atoms with van der Waals surface area (Å²) < 4.78 is 5.55. The molecule has 0 aliphatic heterocycles. The van der Waals surface area contributed by atoms with Gasteiger partial charge < -0.3 is 20.2 Å². The molecule has 1 aliphatic carbocycles. The van der Waals surface area contributed by atoms with Crippen molar-refractivity contribution in [1.82, 2.24) is 5.32 Å². The molecular formula is C24H24N2O3S. The summed E-state index contributed by atoms with van der Waals surface area (Å²) in [7, 11) is 0. The molecule has 0 unspecified atom stereocenters. The van der Waals surface area contributed by atoms with Crippen molar-refractivity contribution in [3.05, 3.63) is 78.1 Å². The van der Waals surface area contributed by atoms with E-state index < -0.39 is 5.41 Å². The van der Waals surface area contributed by atoms with Crippen LogP contribution in [-0.4, -0.2) is 16.1 Å². The Kier molecular flexibility index (Phi) is 5.97. The highest BCUT2D eigenvalue weighted by Crippen LogP contribution is 2.41. The molecule has 1 heterocycles. The Hall–Kier alpha value is -2.96. The minimum Gasteiger partial charge on any atom is -0.459 e. The molecule has 0 spiro atoms. The molecule has 0 saturated heterocycles. The monoisotopic (exact) mass is 420 g/mol. The van der Waals surface area contributed by atoms with Gasteiger partial charge in [-0.2, -0.15) is 0 Å². The third-order valence-electron chi connectivity index (χ3n) is 5.69. The molecule has 3 N–H and O–H groups in total. The number of furan rings is 1. The summed E-state index contributed by atoms with van der Waals surface area (Å²) >= 11 is 5.40. The van der Waals surface area contributed by atoms with Crippen LogP contribution >= 0.6 is 12.2 Å².